The van der Waals surface area contributed by atoms with E-state index in [0.717, 1.165) is 71.9 Å². The molecule has 0 radical (unpaired) electrons. The van der Waals surface area contributed by atoms with Crippen LogP contribution in [0.3, 0.4) is 0 Å². The number of aromatic nitrogens is 1. The lowest BCUT2D eigenvalue weighted by atomic mass is 10.2. The van der Waals surface area contributed by atoms with Crippen LogP contribution in [0.15, 0.2) is 23.2 Å². The summed E-state index contributed by atoms with van der Waals surface area (Å²) in [5.41, 5.74) is 3.42. The van der Waals surface area contributed by atoms with E-state index in [-0.39, 0.29) is 0 Å². The summed E-state index contributed by atoms with van der Waals surface area (Å²) in [6.45, 7) is 5.71. The van der Waals surface area contributed by atoms with Crippen LogP contribution in [-0.4, -0.2) is 65.5 Å². The molecule has 1 saturated heterocycles. The van der Waals surface area contributed by atoms with Gasteiger partial charge in [0.25, 0.3) is 0 Å². The predicted molar refractivity (Wildman–Crippen MR) is 126 cm³/mol. The van der Waals surface area contributed by atoms with E-state index >= 15 is 0 Å². The molecule has 0 amide bonds. The Kier molecular flexibility index (Phi) is 6.04. The highest BCUT2D eigenvalue weighted by Gasteiger charge is 2.23. The van der Waals surface area contributed by atoms with Gasteiger partial charge in [-0.3, -0.25) is 4.99 Å². The number of benzene rings is 1. The molecule has 1 saturated carbocycles. The molecule has 0 bridgehead atoms. The fourth-order valence-electron chi connectivity index (χ4n) is 4.70. The first kappa shape index (κ1) is 19.7. The van der Waals surface area contributed by atoms with E-state index in [1.165, 1.54) is 31.1 Å². The molecular weight excluding hydrogens is 402 g/mol. The molecule has 156 valence electrons. The van der Waals surface area contributed by atoms with Gasteiger partial charge in [-0.25, -0.2) is 0 Å². The number of halogens is 1. The molecular formula is C22H30ClN5S. The minimum atomic E-state index is 0.427. The predicted octanol–water partition coefficient (Wildman–Crippen LogP) is 4.33. The maximum absolute atomic E-state index is 6.42. The molecule has 5 nitrogen and oxygen atoms in total. The minimum Gasteiger partial charge on any atom is -0.381 e. The molecule has 3 heterocycles. The zero-order valence-electron chi connectivity index (χ0n) is 16.8. The first-order valence-corrected chi connectivity index (χ1v) is 12.3. The molecule has 7 heteroatoms. The van der Waals surface area contributed by atoms with Crippen LogP contribution in [0.4, 0.5) is 5.69 Å². The van der Waals surface area contributed by atoms with Gasteiger partial charge in [0, 0.05) is 54.9 Å². The maximum atomic E-state index is 6.42. The van der Waals surface area contributed by atoms with Crippen LogP contribution in [-0.2, 0) is 0 Å². The summed E-state index contributed by atoms with van der Waals surface area (Å²) in [5, 5.41) is 10.2. The van der Waals surface area contributed by atoms with E-state index in [9.17, 15) is 0 Å². The van der Waals surface area contributed by atoms with Crippen molar-refractivity contribution in [2.45, 2.75) is 44.2 Å². The molecule has 2 fully saturated rings. The van der Waals surface area contributed by atoms with Crippen molar-refractivity contribution in [3.8, 4) is 0 Å². The summed E-state index contributed by atoms with van der Waals surface area (Å²) in [6, 6.07) is 7.32. The van der Waals surface area contributed by atoms with E-state index in [1.54, 1.807) is 0 Å². The minimum absolute atomic E-state index is 0.427. The first-order valence-electron chi connectivity index (χ1n) is 11.0. The van der Waals surface area contributed by atoms with Crippen molar-refractivity contribution in [2.24, 2.45) is 4.99 Å². The fraction of sp³-hybridized carbons (Fsp3) is 0.591. The summed E-state index contributed by atoms with van der Waals surface area (Å²) in [4.78, 5) is 11.2. The number of H-pyrrole nitrogens is 1. The molecule has 2 aromatic rings. The Hall–Kier alpha value is -1.21. The highest BCUT2D eigenvalue weighted by atomic mass is 35.5. The van der Waals surface area contributed by atoms with Crippen molar-refractivity contribution in [1.82, 2.24) is 15.2 Å². The van der Waals surface area contributed by atoms with Gasteiger partial charge in [-0.2, -0.15) is 0 Å². The van der Waals surface area contributed by atoms with Crippen molar-refractivity contribution in [3.63, 3.8) is 0 Å². The quantitative estimate of drug-likeness (QED) is 0.637. The average molecular weight is 432 g/mol. The number of aliphatic imine (C=N–C) groups is 1. The second-order valence-electron chi connectivity index (χ2n) is 8.51. The second-order valence-corrected chi connectivity index (χ2v) is 9.95. The van der Waals surface area contributed by atoms with Gasteiger partial charge >= 0.3 is 0 Å². The number of nitrogens with zero attached hydrogens (tertiary/aromatic N) is 2. The number of aromatic amines is 1. The van der Waals surface area contributed by atoms with Crippen molar-refractivity contribution >= 4 is 45.0 Å². The van der Waals surface area contributed by atoms with Crippen LogP contribution in [0.25, 0.3) is 10.9 Å². The lowest BCUT2D eigenvalue weighted by Gasteiger charge is -2.27. The van der Waals surface area contributed by atoms with E-state index in [2.05, 4.69) is 38.7 Å². The van der Waals surface area contributed by atoms with E-state index in [0.29, 0.717) is 12.1 Å². The number of anilines is 1. The summed E-state index contributed by atoms with van der Waals surface area (Å²) in [7, 11) is 0. The molecule has 1 unspecified atom stereocenters. The van der Waals surface area contributed by atoms with Crippen LogP contribution < -0.4 is 10.6 Å². The zero-order chi connectivity index (χ0) is 19.6. The lowest BCUT2D eigenvalue weighted by Crippen LogP contribution is -2.44. The zero-order valence-corrected chi connectivity index (χ0v) is 18.4. The molecule has 3 N–H and O–H groups in total. The molecule has 1 aliphatic carbocycles. The van der Waals surface area contributed by atoms with Gasteiger partial charge in [-0.15, -0.1) is 11.8 Å². The third-order valence-corrected chi connectivity index (χ3v) is 7.71. The molecule has 29 heavy (non-hydrogen) atoms. The molecule has 5 rings (SSSR count). The number of fused-ring (bicyclic) bond motifs is 1. The summed E-state index contributed by atoms with van der Waals surface area (Å²) in [6.07, 6.45) is 6.29. The third kappa shape index (κ3) is 4.61. The monoisotopic (exact) mass is 431 g/mol. The Morgan fingerprint density at radius 2 is 2.00 bits per heavy atom. The normalized spacial score (nSPS) is 23.8. The Balaban J connectivity index is 1.30. The van der Waals surface area contributed by atoms with Crippen LogP contribution in [0.2, 0.25) is 5.02 Å². The van der Waals surface area contributed by atoms with Crippen molar-refractivity contribution in [2.75, 3.05) is 43.8 Å². The summed E-state index contributed by atoms with van der Waals surface area (Å²) in [5.74, 6) is 1.09. The number of thioether (sulfide) groups is 1. The lowest BCUT2D eigenvalue weighted by molar-refractivity contribution is 0.235. The van der Waals surface area contributed by atoms with Gasteiger partial charge in [-0.05, 0) is 37.5 Å². The summed E-state index contributed by atoms with van der Waals surface area (Å²) >= 11 is 8.30. The van der Waals surface area contributed by atoms with Crippen LogP contribution >= 0.6 is 23.4 Å². The van der Waals surface area contributed by atoms with Crippen LogP contribution in [0, 0.1) is 0 Å². The van der Waals surface area contributed by atoms with E-state index in [4.69, 9.17) is 16.6 Å². The molecule has 1 aromatic carbocycles. The van der Waals surface area contributed by atoms with Crippen LogP contribution in [0.5, 0.6) is 0 Å². The highest BCUT2D eigenvalue weighted by molar-refractivity contribution is 8.14. The van der Waals surface area contributed by atoms with Gasteiger partial charge in [-0.1, -0.05) is 24.4 Å². The molecule has 1 aromatic heterocycles. The number of nitrogens with one attached hydrogen (secondary N) is 3. The SMILES string of the molecule is Clc1cc(NC2CCCC2)c2[nH]c(C3=NC(CCN4CCNCC4)CS3)cc2c1. The maximum Gasteiger partial charge on any atom is 0.114 e. The first-order chi connectivity index (χ1) is 14.2. The Labute approximate surface area is 182 Å². The highest BCUT2D eigenvalue weighted by Crippen LogP contribution is 2.33. The third-order valence-electron chi connectivity index (χ3n) is 6.34. The van der Waals surface area contributed by atoms with Gasteiger partial charge in [0.05, 0.1) is 22.9 Å². The molecule has 2 aliphatic heterocycles. The molecule has 1 atom stereocenters. The van der Waals surface area contributed by atoms with E-state index < -0.39 is 0 Å². The van der Waals surface area contributed by atoms with Crippen molar-refractivity contribution in [1.29, 1.82) is 0 Å². The Morgan fingerprint density at radius 3 is 2.83 bits per heavy atom. The number of rotatable bonds is 6. The van der Waals surface area contributed by atoms with Gasteiger partial charge in [0.15, 0.2) is 0 Å². The number of piperazine rings is 1. The average Bonchev–Trinajstić information content (AvgIpc) is 3.47. The topological polar surface area (TPSA) is 55.5 Å². The van der Waals surface area contributed by atoms with Gasteiger partial charge < -0.3 is 20.5 Å². The Bertz CT molecular complexity index is 883. The fourth-order valence-corrected chi connectivity index (χ4v) is 6.01. The van der Waals surface area contributed by atoms with Crippen LogP contribution in [0.1, 0.15) is 37.8 Å². The number of hydrogen-bond donors (Lipinski definition) is 3. The van der Waals surface area contributed by atoms with E-state index in [1.807, 2.05) is 11.8 Å². The largest absolute Gasteiger partial charge is 0.381 e. The van der Waals surface area contributed by atoms with Crippen molar-refractivity contribution in [3.05, 3.63) is 28.9 Å². The smallest absolute Gasteiger partial charge is 0.114 e. The summed E-state index contributed by atoms with van der Waals surface area (Å²) < 4.78 is 0. The number of hydrogen-bond acceptors (Lipinski definition) is 5. The Morgan fingerprint density at radius 1 is 1.17 bits per heavy atom. The van der Waals surface area contributed by atoms with Gasteiger partial charge in [0.1, 0.15) is 5.04 Å². The standard InChI is InChI=1S/C22H30ClN5S/c23-16-11-15-12-20(27-21(15)19(13-16)25-17-3-1-2-4-17)22-26-18(14-29-22)5-8-28-9-6-24-7-10-28/h11-13,17-18,24-25,27H,1-10,14H2. The molecule has 0 spiro atoms. The molecule has 3 aliphatic rings. The van der Waals surface area contributed by atoms with Crippen molar-refractivity contribution < 1.29 is 0 Å². The van der Waals surface area contributed by atoms with Gasteiger partial charge in [0.2, 0.25) is 0 Å². The second kappa shape index (κ2) is 8.88.